The zero-order valence-corrected chi connectivity index (χ0v) is 12.0. The molecule has 0 spiro atoms. The van der Waals surface area contributed by atoms with E-state index in [0.29, 0.717) is 25.9 Å². The molecule has 1 aromatic carbocycles. The van der Waals surface area contributed by atoms with Crippen LogP contribution in [-0.2, 0) is 14.3 Å². The lowest BCUT2D eigenvalue weighted by molar-refractivity contribution is -0.142. The maximum absolute atomic E-state index is 12.0. The molecule has 0 bridgehead atoms. The Labute approximate surface area is 119 Å². The average molecular weight is 278 g/mol. The van der Waals surface area contributed by atoms with Gasteiger partial charge in [0.25, 0.3) is 5.91 Å². The van der Waals surface area contributed by atoms with Gasteiger partial charge < -0.3 is 20.1 Å². The summed E-state index contributed by atoms with van der Waals surface area (Å²) in [6.07, 6.45) is -0.510. The largest absolute Gasteiger partial charge is 0.376 e. The fourth-order valence-electron chi connectivity index (χ4n) is 2.14. The zero-order valence-electron chi connectivity index (χ0n) is 12.0. The van der Waals surface area contributed by atoms with Crippen molar-refractivity contribution in [1.29, 1.82) is 0 Å². The Hall–Kier alpha value is -1.43. The highest BCUT2D eigenvalue weighted by Gasteiger charge is 2.22. The Kier molecular flexibility index (Phi) is 5.52. The number of anilines is 1. The van der Waals surface area contributed by atoms with E-state index in [1.54, 1.807) is 0 Å². The van der Waals surface area contributed by atoms with E-state index in [-0.39, 0.29) is 5.91 Å². The number of carbonyl (C=O) groups is 1. The molecule has 1 aliphatic heterocycles. The molecule has 2 atom stereocenters. The topological polar surface area (TPSA) is 59.6 Å². The van der Waals surface area contributed by atoms with E-state index in [2.05, 4.69) is 24.5 Å². The van der Waals surface area contributed by atoms with Crippen molar-refractivity contribution in [1.82, 2.24) is 5.32 Å². The summed E-state index contributed by atoms with van der Waals surface area (Å²) in [5, 5.41) is 6.20. The van der Waals surface area contributed by atoms with E-state index in [1.807, 2.05) is 24.3 Å². The number of hydrogen-bond donors (Lipinski definition) is 2. The van der Waals surface area contributed by atoms with Crippen molar-refractivity contribution in [2.45, 2.75) is 26.0 Å². The van der Waals surface area contributed by atoms with Crippen LogP contribution in [0.15, 0.2) is 24.3 Å². The highest BCUT2D eigenvalue weighted by molar-refractivity contribution is 5.94. The molecule has 0 aliphatic carbocycles. The van der Waals surface area contributed by atoms with Crippen LogP contribution in [-0.4, -0.2) is 38.4 Å². The summed E-state index contributed by atoms with van der Waals surface area (Å²) in [5.41, 5.74) is 1.97. The number of benzene rings is 1. The monoisotopic (exact) mass is 278 g/mol. The van der Waals surface area contributed by atoms with Gasteiger partial charge in [-0.3, -0.25) is 4.79 Å². The Morgan fingerprint density at radius 3 is 2.70 bits per heavy atom. The van der Waals surface area contributed by atoms with Crippen LogP contribution >= 0.6 is 0 Å². The van der Waals surface area contributed by atoms with Gasteiger partial charge in [-0.1, -0.05) is 19.1 Å². The second kappa shape index (κ2) is 7.38. The van der Waals surface area contributed by atoms with Gasteiger partial charge in [0.15, 0.2) is 6.10 Å². The van der Waals surface area contributed by atoms with Crippen LogP contribution in [0.4, 0.5) is 5.69 Å². The highest BCUT2D eigenvalue weighted by atomic mass is 16.6. The van der Waals surface area contributed by atoms with Crippen molar-refractivity contribution in [3.63, 3.8) is 0 Å². The summed E-state index contributed by atoms with van der Waals surface area (Å²) < 4.78 is 10.6. The molecular weight excluding hydrogens is 256 g/mol. The molecule has 0 radical (unpaired) electrons. The quantitative estimate of drug-likeness (QED) is 0.861. The van der Waals surface area contributed by atoms with Crippen LogP contribution in [0.1, 0.15) is 25.5 Å². The number of ether oxygens (including phenoxy) is 2. The average Bonchev–Trinajstić information content (AvgIpc) is 2.49. The minimum atomic E-state index is -0.510. The van der Waals surface area contributed by atoms with Gasteiger partial charge in [-0.15, -0.1) is 0 Å². The van der Waals surface area contributed by atoms with Gasteiger partial charge in [0.2, 0.25) is 0 Å². The molecule has 0 saturated carbocycles. The van der Waals surface area contributed by atoms with Crippen LogP contribution in [0.3, 0.4) is 0 Å². The maximum Gasteiger partial charge on any atom is 0.255 e. The third kappa shape index (κ3) is 4.03. The normalized spacial score (nSPS) is 20.4. The predicted octanol–water partition coefficient (Wildman–Crippen LogP) is 1.71. The summed E-state index contributed by atoms with van der Waals surface area (Å²) in [4.78, 5) is 12.0. The van der Waals surface area contributed by atoms with Gasteiger partial charge >= 0.3 is 0 Å². The van der Waals surface area contributed by atoms with Crippen LogP contribution in [0.2, 0.25) is 0 Å². The summed E-state index contributed by atoms with van der Waals surface area (Å²) in [6, 6.07) is 8.15. The van der Waals surface area contributed by atoms with E-state index < -0.39 is 6.10 Å². The lowest BCUT2D eigenvalue weighted by Gasteiger charge is -2.22. The third-order valence-electron chi connectivity index (χ3n) is 3.30. The van der Waals surface area contributed by atoms with Crippen molar-refractivity contribution < 1.29 is 14.3 Å². The number of carbonyl (C=O) groups excluding carboxylic acids is 1. The molecule has 1 amide bonds. The highest BCUT2D eigenvalue weighted by Crippen LogP contribution is 2.16. The van der Waals surface area contributed by atoms with Crippen molar-refractivity contribution in [2.24, 2.45) is 0 Å². The number of nitrogens with one attached hydrogen (secondary N) is 2. The van der Waals surface area contributed by atoms with Crippen LogP contribution in [0, 0.1) is 0 Å². The predicted molar refractivity (Wildman–Crippen MR) is 77.7 cm³/mol. The van der Waals surface area contributed by atoms with Gasteiger partial charge in [-0.2, -0.15) is 0 Å². The second-order valence-corrected chi connectivity index (χ2v) is 4.82. The van der Waals surface area contributed by atoms with Gasteiger partial charge in [0.05, 0.1) is 19.8 Å². The van der Waals surface area contributed by atoms with E-state index in [1.165, 1.54) is 5.56 Å². The molecule has 1 heterocycles. The summed E-state index contributed by atoms with van der Waals surface area (Å²) >= 11 is 0. The molecule has 2 unspecified atom stereocenters. The molecule has 1 saturated heterocycles. The molecule has 1 fully saturated rings. The Bertz CT molecular complexity index is 427. The molecule has 1 aromatic rings. The SMILES string of the molecule is CCNC(C)c1ccc(NC(=O)C2COCCO2)cc1. The Morgan fingerprint density at radius 1 is 1.35 bits per heavy atom. The lowest BCUT2D eigenvalue weighted by atomic mass is 10.1. The van der Waals surface area contributed by atoms with E-state index in [9.17, 15) is 4.79 Å². The van der Waals surface area contributed by atoms with Crippen molar-refractivity contribution in [3.05, 3.63) is 29.8 Å². The lowest BCUT2D eigenvalue weighted by Crippen LogP contribution is -2.39. The molecule has 0 aromatic heterocycles. The van der Waals surface area contributed by atoms with Crippen molar-refractivity contribution in [3.8, 4) is 0 Å². The maximum atomic E-state index is 12.0. The van der Waals surface area contributed by atoms with Gasteiger partial charge in [-0.05, 0) is 31.2 Å². The van der Waals surface area contributed by atoms with E-state index in [0.717, 1.165) is 12.2 Å². The third-order valence-corrected chi connectivity index (χ3v) is 3.30. The van der Waals surface area contributed by atoms with Crippen LogP contribution in [0.25, 0.3) is 0 Å². The summed E-state index contributed by atoms with van der Waals surface area (Å²) in [5.74, 6) is -0.155. The molecule has 1 aliphatic rings. The first-order valence-electron chi connectivity index (χ1n) is 7.04. The summed E-state index contributed by atoms with van der Waals surface area (Å²) in [7, 11) is 0. The first-order valence-corrected chi connectivity index (χ1v) is 7.04. The first kappa shape index (κ1) is 15.0. The van der Waals surface area contributed by atoms with Crippen LogP contribution < -0.4 is 10.6 Å². The number of amides is 1. The molecule has 5 nitrogen and oxygen atoms in total. The molecule has 5 heteroatoms. The minimum Gasteiger partial charge on any atom is -0.376 e. The van der Waals surface area contributed by atoms with Gasteiger partial charge in [-0.25, -0.2) is 0 Å². The number of hydrogen-bond acceptors (Lipinski definition) is 4. The van der Waals surface area contributed by atoms with E-state index in [4.69, 9.17) is 9.47 Å². The van der Waals surface area contributed by atoms with Gasteiger partial charge in [0, 0.05) is 11.7 Å². The molecule has 2 rings (SSSR count). The van der Waals surface area contributed by atoms with E-state index >= 15 is 0 Å². The molecule has 20 heavy (non-hydrogen) atoms. The smallest absolute Gasteiger partial charge is 0.255 e. The molecule has 110 valence electrons. The fraction of sp³-hybridized carbons (Fsp3) is 0.533. The standard InChI is InChI=1S/C15H22N2O3/c1-3-16-11(2)12-4-6-13(7-5-12)17-15(18)14-10-19-8-9-20-14/h4-7,11,14,16H,3,8-10H2,1-2H3,(H,17,18). The van der Waals surface area contributed by atoms with Crippen molar-refractivity contribution >= 4 is 11.6 Å². The number of rotatable bonds is 5. The summed E-state index contributed by atoms with van der Waals surface area (Å²) in [6.45, 7) is 6.47. The first-order chi connectivity index (χ1) is 9.70. The van der Waals surface area contributed by atoms with Crippen molar-refractivity contribution in [2.75, 3.05) is 31.7 Å². The Balaban J connectivity index is 1.91. The fourth-order valence-corrected chi connectivity index (χ4v) is 2.14. The molecular formula is C15H22N2O3. The van der Waals surface area contributed by atoms with Gasteiger partial charge in [0.1, 0.15) is 0 Å². The Morgan fingerprint density at radius 2 is 2.10 bits per heavy atom. The zero-order chi connectivity index (χ0) is 14.4. The minimum absolute atomic E-state index is 0.155. The second-order valence-electron chi connectivity index (χ2n) is 4.82. The molecule has 2 N–H and O–H groups in total. The van der Waals surface area contributed by atoms with Crippen LogP contribution in [0.5, 0.6) is 0 Å².